The van der Waals surface area contributed by atoms with Gasteiger partial charge in [0.15, 0.2) is 0 Å². The van der Waals surface area contributed by atoms with Crippen molar-refractivity contribution < 1.29 is 6.85 Å². The molecule has 0 aliphatic carbocycles. The molecule has 0 bridgehead atoms. The number of aromatic nitrogens is 2. The molecule has 1 N–H and O–H groups in total. The van der Waals surface area contributed by atoms with E-state index in [4.69, 9.17) is 6.85 Å². The lowest BCUT2D eigenvalue weighted by Crippen LogP contribution is -2.05. The minimum Gasteiger partial charge on any atom is -0.326 e. The van der Waals surface area contributed by atoms with Crippen LogP contribution in [0.4, 0.5) is 0 Å². The van der Waals surface area contributed by atoms with Crippen LogP contribution in [-0.2, 0) is 6.37 Å². The molecule has 1 rings (SSSR count). The highest BCUT2D eigenvalue weighted by Crippen LogP contribution is 1.85. The van der Waals surface area contributed by atoms with E-state index < -0.39 is 18.8 Å². The van der Waals surface area contributed by atoms with Crippen molar-refractivity contribution in [2.45, 2.75) is 13.2 Å². The van der Waals surface area contributed by atoms with Crippen LogP contribution in [0.2, 0.25) is 0 Å². The number of hydrogen-bond acceptors (Lipinski definition) is 2. The van der Waals surface area contributed by atoms with Crippen molar-refractivity contribution >= 4 is 0 Å². The molecule has 0 atom stereocenters. The summed E-state index contributed by atoms with van der Waals surface area (Å²) in [5, 5.41) is 0. The number of aromatic amines is 1. The lowest BCUT2D eigenvalue weighted by atomic mass is 10.4. The van der Waals surface area contributed by atoms with E-state index in [1.165, 1.54) is 0 Å². The molecule has 0 amide bonds. The van der Waals surface area contributed by atoms with Gasteiger partial charge in [0.1, 0.15) is 0 Å². The summed E-state index contributed by atoms with van der Waals surface area (Å²) in [7, 11) is 0. The van der Waals surface area contributed by atoms with Crippen molar-refractivity contribution in [2.24, 2.45) is 0 Å². The predicted octanol–water partition coefficient (Wildman–Crippen LogP) is 0.332. The third kappa shape index (κ3) is 1.38. The largest absolute Gasteiger partial charge is 0.326 e. The Bertz CT molecular complexity index is 362. The number of hydrogen-bond donors (Lipinski definition) is 1. The number of nitrogens with zero attached hydrogens (tertiary/aromatic N) is 1. The van der Waals surface area contributed by atoms with Gasteiger partial charge in [-0.05, 0) is 6.37 Å². The van der Waals surface area contributed by atoms with E-state index in [9.17, 15) is 4.79 Å². The van der Waals surface area contributed by atoms with Crippen molar-refractivity contribution in [2.75, 3.05) is 0 Å². The molecule has 0 spiro atoms. The van der Waals surface area contributed by atoms with Crippen molar-refractivity contribution in [1.82, 2.24) is 9.97 Å². The van der Waals surface area contributed by atoms with Gasteiger partial charge in [-0.2, -0.15) is 0 Å². The van der Waals surface area contributed by atoms with E-state index in [1.807, 2.05) is 0 Å². The molecule has 0 unspecified atom stereocenters. The number of H-pyrrole nitrogens is 1. The molecule has 0 aliphatic heterocycles. The fraction of sp³-hybridized carbons (Fsp3) is 0.333. The summed E-state index contributed by atoms with van der Waals surface area (Å²) in [5.41, 5.74) is -0.813. The zero-order chi connectivity index (χ0) is 11.0. The fourth-order valence-corrected chi connectivity index (χ4v) is 0.411. The maximum Gasteiger partial charge on any atom is 0.266 e. The van der Waals surface area contributed by atoms with Gasteiger partial charge in [0.2, 0.25) is 0 Å². The number of nitrogens with one attached hydrogen (secondary N) is 1. The number of aryl methyl sites for hydroxylation is 1. The summed E-state index contributed by atoms with van der Waals surface area (Å²) in [6, 6.07) is 0. The van der Waals surface area contributed by atoms with E-state index in [-0.39, 0.29) is 5.69 Å². The molecular formula is C6H8N2O. The van der Waals surface area contributed by atoms with Crippen LogP contribution >= 0.6 is 0 Å². The lowest BCUT2D eigenvalue weighted by Gasteiger charge is -1.89. The van der Waals surface area contributed by atoms with Crippen LogP contribution in [0.15, 0.2) is 17.2 Å². The second kappa shape index (κ2) is 2.44. The SMILES string of the molecule is [2H]C([2H])([2H])C([2H])([2H])c1c[nH]c(=O)cn1. The standard InChI is InChI=1S/C6H8N2O/c1-2-5-3-8-6(9)4-7-5/h3-4H,2H2,1H3,(H,8,9)/i1D3,2D2. The average molecular weight is 129 g/mol. The van der Waals surface area contributed by atoms with Crippen molar-refractivity contribution in [3.05, 3.63) is 28.4 Å². The maximum absolute atomic E-state index is 10.6. The first-order valence-electron chi connectivity index (χ1n) is 4.80. The second-order valence-electron chi connectivity index (χ2n) is 1.42. The zero-order valence-corrected chi connectivity index (χ0v) is 4.51. The molecule has 0 saturated carbocycles. The summed E-state index contributed by atoms with van der Waals surface area (Å²) in [6.07, 6.45) is -0.745. The van der Waals surface area contributed by atoms with Crippen molar-refractivity contribution in [1.29, 1.82) is 0 Å². The first kappa shape index (κ1) is 2.25. The third-order valence-corrected chi connectivity index (χ3v) is 0.800. The molecule has 0 radical (unpaired) electrons. The van der Waals surface area contributed by atoms with Gasteiger partial charge in [-0.1, -0.05) is 6.85 Å². The van der Waals surface area contributed by atoms with Crippen LogP contribution in [0.1, 0.15) is 19.4 Å². The Kier molecular flexibility index (Phi) is 0.609. The summed E-state index contributed by atoms with van der Waals surface area (Å²) in [6.45, 7) is -2.81. The second-order valence-corrected chi connectivity index (χ2v) is 1.42. The van der Waals surface area contributed by atoms with Gasteiger partial charge < -0.3 is 4.98 Å². The van der Waals surface area contributed by atoms with E-state index in [1.54, 1.807) is 0 Å². The molecule has 1 aromatic heterocycles. The molecule has 1 heterocycles. The van der Waals surface area contributed by atoms with Crippen LogP contribution in [0, 0.1) is 0 Å². The Labute approximate surface area is 59.8 Å². The third-order valence-electron chi connectivity index (χ3n) is 0.800. The Hall–Kier alpha value is -1.12. The number of rotatable bonds is 1. The fourth-order valence-electron chi connectivity index (χ4n) is 0.411. The molecule has 3 heteroatoms. The normalized spacial score (nSPS) is 20.7. The van der Waals surface area contributed by atoms with Crippen LogP contribution in [0.5, 0.6) is 0 Å². The lowest BCUT2D eigenvalue weighted by molar-refractivity contribution is 0.981. The molecule has 0 saturated heterocycles. The summed E-state index contributed by atoms with van der Waals surface area (Å²) < 4.78 is 35.5. The average Bonchev–Trinajstić information content (AvgIpc) is 2.03. The molecular weight excluding hydrogens is 116 g/mol. The minimum atomic E-state index is -2.81. The van der Waals surface area contributed by atoms with E-state index in [2.05, 4.69) is 9.97 Å². The molecule has 1 aromatic rings. The first-order chi connectivity index (χ1) is 6.25. The van der Waals surface area contributed by atoms with Gasteiger partial charge in [-0.3, -0.25) is 9.78 Å². The van der Waals surface area contributed by atoms with E-state index in [0.29, 0.717) is 0 Å². The Morgan fingerprint density at radius 2 is 3.00 bits per heavy atom. The zero-order valence-electron chi connectivity index (χ0n) is 9.51. The maximum atomic E-state index is 10.6. The van der Waals surface area contributed by atoms with Crippen LogP contribution in [0.3, 0.4) is 0 Å². The molecule has 9 heavy (non-hydrogen) atoms. The van der Waals surface area contributed by atoms with Crippen LogP contribution in [0.25, 0.3) is 0 Å². The van der Waals surface area contributed by atoms with Crippen molar-refractivity contribution in [3.63, 3.8) is 0 Å². The van der Waals surface area contributed by atoms with Crippen molar-refractivity contribution in [3.8, 4) is 0 Å². The highest BCUT2D eigenvalue weighted by molar-refractivity contribution is 4.93. The Morgan fingerprint density at radius 3 is 3.56 bits per heavy atom. The van der Waals surface area contributed by atoms with Crippen LogP contribution < -0.4 is 5.56 Å². The molecule has 0 aromatic carbocycles. The summed E-state index contributed by atoms with van der Waals surface area (Å²) in [4.78, 5) is 16.2. The topological polar surface area (TPSA) is 45.8 Å². The predicted molar refractivity (Wildman–Crippen MR) is 34.2 cm³/mol. The van der Waals surface area contributed by atoms with E-state index >= 15 is 0 Å². The summed E-state index contributed by atoms with van der Waals surface area (Å²) >= 11 is 0. The quantitative estimate of drug-likeness (QED) is 0.594. The highest BCUT2D eigenvalue weighted by Gasteiger charge is 1.86. The first-order valence-corrected chi connectivity index (χ1v) is 2.30. The molecule has 48 valence electrons. The van der Waals surface area contributed by atoms with Gasteiger partial charge in [0.05, 0.1) is 11.9 Å². The molecule has 0 aliphatic rings. The van der Waals surface area contributed by atoms with Gasteiger partial charge in [0, 0.05) is 13.1 Å². The van der Waals surface area contributed by atoms with Crippen LogP contribution in [-0.4, -0.2) is 9.97 Å². The Morgan fingerprint density at radius 1 is 2.11 bits per heavy atom. The Balaban J connectivity index is 3.17. The minimum absolute atomic E-state index is 0.308. The van der Waals surface area contributed by atoms with E-state index in [0.717, 1.165) is 12.4 Å². The smallest absolute Gasteiger partial charge is 0.266 e. The molecule has 3 nitrogen and oxygen atoms in total. The molecule has 0 fully saturated rings. The highest BCUT2D eigenvalue weighted by atomic mass is 16.1. The van der Waals surface area contributed by atoms with Gasteiger partial charge >= 0.3 is 0 Å². The summed E-state index contributed by atoms with van der Waals surface area (Å²) in [5.74, 6) is 0. The van der Waals surface area contributed by atoms with Gasteiger partial charge in [-0.25, -0.2) is 0 Å². The monoisotopic (exact) mass is 129 g/mol. The van der Waals surface area contributed by atoms with Gasteiger partial charge in [-0.15, -0.1) is 0 Å². The van der Waals surface area contributed by atoms with Gasteiger partial charge in [0.25, 0.3) is 5.56 Å².